The SMILES string of the molecule is CC(C)CC(NCc1ccc2cc[nH]c2c1)C(=O)O. The first-order chi connectivity index (χ1) is 9.06. The minimum atomic E-state index is -0.783. The van der Waals surface area contributed by atoms with Gasteiger partial charge >= 0.3 is 5.97 Å². The average Bonchev–Trinajstić information content (AvgIpc) is 2.80. The van der Waals surface area contributed by atoms with Crippen molar-refractivity contribution in [3.63, 3.8) is 0 Å². The van der Waals surface area contributed by atoms with E-state index in [-0.39, 0.29) is 0 Å². The van der Waals surface area contributed by atoms with Crippen molar-refractivity contribution in [2.45, 2.75) is 32.9 Å². The van der Waals surface area contributed by atoms with Gasteiger partial charge in [0, 0.05) is 18.3 Å². The zero-order valence-electron chi connectivity index (χ0n) is 11.3. The van der Waals surface area contributed by atoms with Crippen molar-refractivity contribution in [3.05, 3.63) is 36.0 Å². The molecule has 0 saturated carbocycles. The molecule has 19 heavy (non-hydrogen) atoms. The van der Waals surface area contributed by atoms with E-state index in [1.165, 1.54) is 5.39 Å². The molecule has 1 heterocycles. The monoisotopic (exact) mass is 260 g/mol. The molecule has 4 nitrogen and oxygen atoms in total. The van der Waals surface area contributed by atoms with E-state index < -0.39 is 12.0 Å². The standard InChI is InChI=1S/C15H20N2O2/c1-10(2)7-14(15(18)19)17-9-11-3-4-12-5-6-16-13(12)8-11/h3-6,8,10,14,16-17H,7,9H2,1-2H3,(H,18,19). The highest BCUT2D eigenvalue weighted by molar-refractivity contribution is 5.79. The second kappa shape index (κ2) is 5.89. The zero-order chi connectivity index (χ0) is 13.8. The van der Waals surface area contributed by atoms with Crippen molar-refractivity contribution in [1.82, 2.24) is 10.3 Å². The molecule has 0 radical (unpaired) electrons. The first-order valence-corrected chi connectivity index (χ1v) is 6.58. The quantitative estimate of drug-likeness (QED) is 0.748. The lowest BCUT2D eigenvalue weighted by Gasteiger charge is -2.16. The molecule has 0 aliphatic rings. The number of H-pyrrole nitrogens is 1. The van der Waals surface area contributed by atoms with Gasteiger partial charge < -0.3 is 15.4 Å². The summed E-state index contributed by atoms with van der Waals surface area (Å²) in [5.74, 6) is -0.422. The number of hydrogen-bond acceptors (Lipinski definition) is 2. The number of aromatic nitrogens is 1. The van der Waals surface area contributed by atoms with E-state index in [9.17, 15) is 9.90 Å². The second-order valence-corrected chi connectivity index (χ2v) is 5.30. The van der Waals surface area contributed by atoms with Crippen molar-refractivity contribution in [1.29, 1.82) is 0 Å². The number of nitrogens with one attached hydrogen (secondary N) is 2. The molecule has 0 saturated heterocycles. The Balaban J connectivity index is 2.01. The fraction of sp³-hybridized carbons (Fsp3) is 0.400. The molecule has 102 valence electrons. The molecular weight excluding hydrogens is 240 g/mol. The lowest BCUT2D eigenvalue weighted by Crippen LogP contribution is -2.37. The van der Waals surface area contributed by atoms with E-state index >= 15 is 0 Å². The summed E-state index contributed by atoms with van der Waals surface area (Å²) in [5.41, 5.74) is 2.17. The second-order valence-electron chi connectivity index (χ2n) is 5.30. The topological polar surface area (TPSA) is 65.1 Å². The number of hydrogen-bond donors (Lipinski definition) is 3. The Morgan fingerprint density at radius 3 is 2.84 bits per heavy atom. The minimum Gasteiger partial charge on any atom is -0.480 e. The molecule has 1 unspecified atom stereocenters. The van der Waals surface area contributed by atoms with Gasteiger partial charge in [0.2, 0.25) is 0 Å². The van der Waals surface area contributed by atoms with Crippen molar-refractivity contribution in [2.24, 2.45) is 5.92 Å². The number of carboxylic acids is 1. The predicted octanol–water partition coefficient (Wildman–Crippen LogP) is 2.76. The van der Waals surface area contributed by atoms with Gasteiger partial charge in [-0.25, -0.2) is 0 Å². The third-order valence-electron chi connectivity index (χ3n) is 3.18. The smallest absolute Gasteiger partial charge is 0.320 e. The first-order valence-electron chi connectivity index (χ1n) is 6.58. The maximum Gasteiger partial charge on any atom is 0.320 e. The molecule has 0 aliphatic heterocycles. The molecule has 3 N–H and O–H groups in total. The van der Waals surface area contributed by atoms with E-state index in [1.54, 1.807) is 0 Å². The molecule has 2 aromatic rings. The van der Waals surface area contributed by atoms with Gasteiger partial charge in [0.15, 0.2) is 0 Å². The Morgan fingerprint density at radius 1 is 1.37 bits per heavy atom. The predicted molar refractivity (Wildman–Crippen MR) is 76.0 cm³/mol. The Morgan fingerprint density at radius 2 is 2.16 bits per heavy atom. The number of aromatic amines is 1. The Bertz CT molecular complexity index is 560. The molecule has 2 rings (SSSR count). The van der Waals surface area contributed by atoms with Gasteiger partial charge in [0.1, 0.15) is 6.04 Å². The number of carbonyl (C=O) groups is 1. The number of rotatable bonds is 6. The van der Waals surface area contributed by atoms with Crippen LogP contribution < -0.4 is 5.32 Å². The lowest BCUT2D eigenvalue weighted by atomic mass is 10.0. The van der Waals surface area contributed by atoms with Gasteiger partial charge in [-0.1, -0.05) is 26.0 Å². The fourth-order valence-corrected chi connectivity index (χ4v) is 2.19. The van der Waals surface area contributed by atoms with Crippen LogP contribution in [0.25, 0.3) is 10.9 Å². The molecule has 1 aromatic carbocycles. The Hall–Kier alpha value is -1.81. The summed E-state index contributed by atoms with van der Waals surface area (Å²) in [5, 5.41) is 13.4. The third kappa shape index (κ3) is 3.58. The van der Waals surface area contributed by atoms with Gasteiger partial charge in [0.05, 0.1) is 0 Å². The maximum atomic E-state index is 11.2. The average molecular weight is 260 g/mol. The molecule has 0 aliphatic carbocycles. The summed E-state index contributed by atoms with van der Waals surface area (Å²) in [6.07, 6.45) is 2.54. The van der Waals surface area contributed by atoms with Crippen LogP contribution >= 0.6 is 0 Å². The summed E-state index contributed by atoms with van der Waals surface area (Å²) < 4.78 is 0. The van der Waals surface area contributed by atoms with Crippen molar-refractivity contribution in [3.8, 4) is 0 Å². The van der Waals surface area contributed by atoms with Crippen LogP contribution in [0.2, 0.25) is 0 Å². The van der Waals surface area contributed by atoms with Crippen LogP contribution in [0, 0.1) is 5.92 Å². The van der Waals surface area contributed by atoms with E-state index in [0.717, 1.165) is 11.1 Å². The third-order valence-corrected chi connectivity index (χ3v) is 3.18. The van der Waals surface area contributed by atoms with E-state index in [4.69, 9.17) is 0 Å². The van der Waals surface area contributed by atoms with E-state index in [2.05, 4.69) is 16.4 Å². The van der Waals surface area contributed by atoms with Gasteiger partial charge in [0.25, 0.3) is 0 Å². The van der Waals surface area contributed by atoms with Crippen LogP contribution in [0.3, 0.4) is 0 Å². The van der Waals surface area contributed by atoms with Crippen molar-refractivity contribution >= 4 is 16.9 Å². The maximum absolute atomic E-state index is 11.2. The summed E-state index contributed by atoms with van der Waals surface area (Å²) in [6, 6.07) is 7.65. The first kappa shape index (κ1) is 13.6. The van der Waals surface area contributed by atoms with Crippen LogP contribution in [-0.2, 0) is 11.3 Å². The number of benzene rings is 1. The molecule has 4 heteroatoms. The normalized spacial score (nSPS) is 13.0. The molecule has 1 aromatic heterocycles. The number of fused-ring (bicyclic) bond motifs is 1. The van der Waals surface area contributed by atoms with Crippen molar-refractivity contribution in [2.75, 3.05) is 0 Å². The zero-order valence-corrected chi connectivity index (χ0v) is 11.3. The minimum absolute atomic E-state index is 0.361. The molecule has 0 spiro atoms. The van der Waals surface area contributed by atoms with Crippen molar-refractivity contribution < 1.29 is 9.90 Å². The van der Waals surface area contributed by atoms with Crippen LogP contribution in [0.1, 0.15) is 25.8 Å². The van der Waals surface area contributed by atoms with Gasteiger partial charge in [-0.05, 0) is 35.4 Å². The molecular formula is C15H20N2O2. The molecule has 0 fully saturated rings. The highest BCUT2D eigenvalue weighted by Crippen LogP contribution is 2.14. The highest BCUT2D eigenvalue weighted by atomic mass is 16.4. The molecule has 0 amide bonds. The Labute approximate surface area is 112 Å². The number of aliphatic carboxylic acids is 1. The van der Waals surface area contributed by atoms with Crippen LogP contribution in [0.4, 0.5) is 0 Å². The summed E-state index contributed by atoms with van der Waals surface area (Å²) >= 11 is 0. The van der Waals surface area contributed by atoms with E-state index in [0.29, 0.717) is 18.9 Å². The van der Waals surface area contributed by atoms with E-state index in [1.807, 2.05) is 38.2 Å². The lowest BCUT2D eigenvalue weighted by molar-refractivity contribution is -0.140. The van der Waals surface area contributed by atoms with Crippen LogP contribution in [-0.4, -0.2) is 22.1 Å². The number of carboxylic acid groups (broad SMARTS) is 1. The Kier molecular flexibility index (Phi) is 4.22. The fourth-order valence-electron chi connectivity index (χ4n) is 2.19. The summed E-state index contributed by atoms with van der Waals surface area (Å²) in [4.78, 5) is 14.3. The van der Waals surface area contributed by atoms with Gasteiger partial charge in [-0.3, -0.25) is 4.79 Å². The van der Waals surface area contributed by atoms with Crippen LogP contribution in [0.5, 0.6) is 0 Å². The largest absolute Gasteiger partial charge is 0.480 e. The van der Waals surface area contributed by atoms with Crippen LogP contribution in [0.15, 0.2) is 30.5 Å². The van der Waals surface area contributed by atoms with Gasteiger partial charge in [-0.15, -0.1) is 0 Å². The van der Waals surface area contributed by atoms with Gasteiger partial charge in [-0.2, -0.15) is 0 Å². The summed E-state index contributed by atoms with van der Waals surface area (Å²) in [7, 11) is 0. The molecule has 1 atom stereocenters. The molecule has 0 bridgehead atoms. The highest BCUT2D eigenvalue weighted by Gasteiger charge is 2.17. The summed E-state index contributed by atoms with van der Waals surface area (Å²) in [6.45, 7) is 4.63.